The first kappa shape index (κ1) is 37.6. The van der Waals surface area contributed by atoms with Gasteiger partial charge in [-0.1, -0.05) is 127 Å². The van der Waals surface area contributed by atoms with Gasteiger partial charge in [0.15, 0.2) is 12.2 Å². The second-order valence-corrected chi connectivity index (χ2v) is 11.1. The van der Waals surface area contributed by atoms with E-state index in [4.69, 9.17) is 24.4 Å². The van der Waals surface area contributed by atoms with E-state index in [9.17, 15) is 0 Å². The van der Waals surface area contributed by atoms with E-state index in [0.29, 0.717) is 23.2 Å². The minimum atomic E-state index is -0.624. The summed E-state index contributed by atoms with van der Waals surface area (Å²) < 4.78 is 13.3. The molecule has 2 aliphatic heterocycles. The molecule has 0 spiro atoms. The van der Waals surface area contributed by atoms with Gasteiger partial charge in [-0.05, 0) is 48.2 Å². The van der Waals surface area contributed by atoms with Gasteiger partial charge in [0.2, 0.25) is 11.8 Å². The van der Waals surface area contributed by atoms with Crippen LogP contribution >= 0.6 is 0 Å². The molecule has 1 aromatic heterocycles. The topological polar surface area (TPSA) is 56.1 Å². The molecule has 0 N–H and O–H groups in total. The Balaban J connectivity index is 0.00000144. The number of rotatable bonds is 6. The van der Waals surface area contributed by atoms with Crippen molar-refractivity contribution in [2.75, 3.05) is 0 Å². The van der Waals surface area contributed by atoms with Crippen molar-refractivity contribution in [3.8, 4) is 0 Å². The molecule has 0 bridgehead atoms. The van der Waals surface area contributed by atoms with Crippen LogP contribution in [-0.4, -0.2) is 16.8 Å². The maximum Gasteiger partial charge on any atom is 3.00 e. The fraction of sp³-hybridized carbons (Fsp3) is 0.162. The SMILES string of the molecule is CC1(c2ccccc2)N=C(c2cccc(C3=NC(C)(c4ccccc4)C(c4ccccc4)O3)n2)OC1c1ccccc1.[Cl-].[Cl-].[Cl-].[Nd+3]. The Kier molecular flexibility index (Phi) is 13.0. The predicted octanol–water partition coefficient (Wildman–Crippen LogP) is -1.04. The van der Waals surface area contributed by atoms with Crippen LogP contribution < -0.4 is 37.2 Å². The Morgan fingerprint density at radius 1 is 0.457 bits per heavy atom. The molecule has 0 saturated carbocycles. The smallest absolute Gasteiger partial charge is 1.00 e. The molecule has 2 aliphatic rings. The normalized spacial score (nSPS) is 22.7. The average molecular weight is 800 g/mol. The maximum absolute atomic E-state index is 6.63. The van der Waals surface area contributed by atoms with Gasteiger partial charge in [-0.2, -0.15) is 0 Å². The van der Waals surface area contributed by atoms with Gasteiger partial charge in [-0.3, -0.25) is 0 Å². The first-order valence-electron chi connectivity index (χ1n) is 14.3. The number of halogens is 3. The molecule has 4 aromatic carbocycles. The van der Waals surface area contributed by atoms with E-state index in [0.717, 1.165) is 22.3 Å². The van der Waals surface area contributed by atoms with Gasteiger partial charge in [0.1, 0.15) is 22.5 Å². The number of aromatic nitrogens is 1. The van der Waals surface area contributed by atoms with Crippen molar-refractivity contribution < 1.29 is 87.5 Å². The molecule has 0 aliphatic carbocycles. The van der Waals surface area contributed by atoms with Crippen LogP contribution in [0.3, 0.4) is 0 Å². The third kappa shape index (κ3) is 7.04. The standard InChI is InChI=1S/C37H31N3O2.3ClH.Nd/c1-36(28-20-11-5-12-21-28)32(26-16-7-3-8-17-26)41-34(39-36)30-24-15-25-31(38-30)35-40-37(2,29-22-13-6-14-23-29)33(42-35)27-18-9-4-10-19-27;;;;/h3-25,32-33H,1-2H3;3*1H;/q;;;;+3/p-3. The quantitative estimate of drug-likeness (QED) is 0.221. The third-order valence-corrected chi connectivity index (χ3v) is 8.26. The Hall–Kier alpha value is -2.81. The Morgan fingerprint density at radius 2 is 0.783 bits per heavy atom. The summed E-state index contributed by atoms with van der Waals surface area (Å²) in [5.41, 5.74) is 4.32. The van der Waals surface area contributed by atoms with E-state index in [-0.39, 0.29) is 90.3 Å². The van der Waals surface area contributed by atoms with Gasteiger partial charge in [0.05, 0.1) is 0 Å². The second kappa shape index (κ2) is 15.9. The summed E-state index contributed by atoms with van der Waals surface area (Å²) in [5, 5.41) is 0. The number of hydrogen-bond acceptors (Lipinski definition) is 5. The van der Waals surface area contributed by atoms with E-state index in [2.05, 4.69) is 62.4 Å². The van der Waals surface area contributed by atoms with Crippen molar-refractivity contribution in [1.82, 2.24) is 4.98 Å². The molecule has 46 heavy (non-hydrogen) atoms. The number of benzene rings is 4. The molecule has 0 amide bonds. The zero-order valence-electron chi connectivity index (χ0n) is 25.2. The summed E-state index contributed by atoms with van der Waals surface area (Å²) >= 11 is 0. The van der Waals surface area contributed by atoms with Gasteiger partial charge in [-0.15, -0.1) is 0 Å². The van der Waals surface area contributed by atoms with Crippen LogP contribution in [0.1, 0.15) is 59.7 Å². The van der Waals surface area contributed by atoms with Crippen molar-refractivity contribution in [3.63, 3.8) is 0 Å². The Morgan fingerprint density at radius 3 is 1.13 bits per heavy atom. The Bertz CT molecular complexity index is 1650. The fourth-order valence-corrected chi connectivity index (χ4v) is 5.98. The average Bonchev–Trinajstić information content (AvgIpc) is 3.62. The molecule has 5 aromatic rings. The zero-order chi connectivity index (χ0) is 28.6. The van der Waals surface area contributed by atoms with Crippen molar-refractivity contribution in [1.29, 1.82) is 0 Å². The van der Waals surface area contributed by atoms with Crippen LogP contribution in [0.5, 0.6) is 0 Å². The van der Waals surface area contributed by atoms with E-state index in [1.807, 2.05) is 91.0 Å². The third-order valence-electron chi connectivity index (χ3n) is 8.26. The molecule has 0 fully saturated rings. The van der Waals surface area contributed by atoms with E-state index >= 15 is 0 Å². The number of aliphatic imine (C=N–C) groups is 2. The van der Waals surface area contributed by atoms with Gasteiger partial charge >= 0.3 is 40.8 Å². The summed E-state index contributed by atoms with van der Waals surface area (Å²) in [7, 11) is 0. The van der Waals surface area contributed by atoms with Gasteiger partial charge in [-0.25, -0.2) is 15.0 Å². The van der Waals surface area contributed by atoms with Crippen LogP contribution in [-0.2, 0) is 20.6 Å². The molecule has 4 atom stereocenters. The van der Waals surface area contributed by atoms with E-state index in [1.54, 1.807) is 0 Å². The molecular weight excluding hydrogens is 769 g/mol. The van der Waals surface area contributed by atoms with Gasteiger partial charge in [0.25, 0.3) is 0 Å². The monoisotopic (exact) mass is 796 g/mol. The fourth-order valence-electron chi connectivity index (χ4n) is 5.98. The number of hydrogen-bond donors (Lipinski definition) is 0. The molecule has 4 unspecified atom stereocenters. The van der Waals surface area contributed by atoms with Crippen molar-refractivity contribution in [2.45, 2.75) is 37.1 Å². The van der Waals surface area contributed by atoms with Crippen LogP contribution in [0.25, 0.3) is 0 Å². The van der Waals surface area contributed by atoms with Crippen molar-refractivity contribution >= 4 is 11.8 Å². The first-order chi connectivity index (χ1) is 20.5. The predicted molar refractivity (Wildman–Crippen MR) is 165 cm³/mol. The molecule has 5 nitrogen and oxygen atoms in total. The summed E-state index contributed by atoms with van der Waals surface area (Å²) in [6.07, 6.45) is -0.601. The maximum atomic E-state index is 6.63. The van der Waals surface area contributed by atoms with Crippen LogP contribution in [0, 0.1) is 40.8 Å². The minimum Gasteiger partial charge on any atom is -1.00 e. The molecule has 7 rings (SSSR count). The Labute approximate surface area is 321 Å². The molecule has 1 radical (unpaired) electrons. The van der Waals surface area contributed by atoms with E-state index in [1.165, 1.54) is 0 Å². The molecule has 9 heteroatoms. The number of ether oxygens (including phenoxy) is 2. The van der Waals surface area contributed by atoms with Gasteiger partial charge < -0.3 is 46.7 Å². The summed E-state index contributed by atoms with van der Waals surface area (Å²) in [5.74, 6) is 1.00. The minimum absolute atomic E-state index is 0. The summed E-state index contributed by atoms with van der Waals surface area (Å²) in [4.78, 5) is 15.4. The largest absolute Gasteiger partial charge is 3.00 e. The van der Waals surface area contributed by atoms with Crippen LogP contribution in [0.15, 0.2) is 150 Å². The summed E-state index contributed by atoms with van der Waals surface area (Å²) in [6.45, 7) is 4.24. The summed E-state index contributed by atoms with van der Waals surface area (Å²) in [6, 6.07) is 46.9. The molecular formula is C37H31Cl3N3NdO2. The second-order valence-electron chi connectivity index (χ2n) is 11.1. The molecule has 3 heterocycles. The first-order valence-corrected chi connectivity index (χ1v) is 14.3. The van der Waals surface area contributed by atoms with Crippen molar-refractivity contribution in [3.05, 3.63) is 173 Å². The van der Waals surface area contributed by atoms with E-state index < -0.39 is 11.1 Å². The molecule has 231 valence electrons. The van der Waals surface area contributed by atoms with Crippen LogP contribution in [0.4, 0.5) is 0 Å². The number of pyridine rings is 1. The van der Waals surface area contributed by atoms with Crippen LogP contribution in [0.2, 0.25) is 0 Å². The van der Waals surface area contributed by atoms with Gasteiger partial charge in [0, 0.05) is 0 Å². The van der Waals surface area contributed by atoms with Crippen molar-refractivity contribution in [2.24, 2.45) is 9.98 Å². The number of nitrogens with zero attached hydrogens (tertiary/aromatic N) is 3. The molecule has 0 saturated heterocycles. The zero-order valence-corrected chi connectivity index (χ0v) is 30.7.